The number of ether oxygens (including phenoxy) is 1. The molecule has 3 aromatic carbocycles. The quantitative estimate of drug-likeness (QED) is 0.187. The van der Waals surface area contributed by atoms with Crippen LogP contribution >= 0.6 is 15.9 Å². The van der Waals surface area contributed by atoms with Crippen molar-refractivity contribution >= 4 is 15.9 Å². The molecule has 0 aliphatic heterocycles. The number of hydrogen-bond acceptors (Lipinski definition) is 1. The molecular formula is C29H33BrO. The molecule has 0 heterocycles. The SMILES string of the molecule is CCCCCCCC(C=CBr)OC(c1ccccc1)(c1ccccc1)c1ccccc1. The van der Waals surface area contributed by atoms with Crippen LogP contribution in [0.3, 0.4) is 0 Å². The van der Waals surface area contributed by atoms with Crippen LogP contribution in [0, 0.1) is 0 Å². The molecule has 3 aromatic rings. The molecule has 0 saturated carbocycles. The van der Waals surface area contributed by atoms with Crippen molar-refractivity contribution < 1.29 is 4.74 Å². The summed E-state index contributed by atoms with van der Waals surface area (Å²) in [6.07, 6.45) is 9.42. The fourth-order valence-corrected chi connectivity index (χ4v) is 4.51. The zero-order valence-electron chi connectivity index (χ0n) is 18.4. The maximum Gasteiger partial charge on any atom is 0.144 e. The van der Waals surface area contributed by atoms with E-state index >= 15 is 0 Å². The molecule has 0 radical (unpaired) electrons. The Morgan fingerprint density at radius 3 is 1.58 bits per heavy atom. The third kappa shape index (κ3) is 6.18. The molecule has 3 rings (SSSR count). The smallest absolute Gasteiger partial charge is 0.144 e. The summed E-state index contributed by atoms with van der Waals surface area (Å²) in [6, 6.07) is 31.8. The largest absolute Gasteiger partial charge is 0.354 e. The number of unbranched alkanes of at least 4 members (excludes halogenated alkanes) is 4. The number of benzene rings is 3. The van der Waals surface area contributed by atoms with Crippen molar-refractivity contribution in [2.24, 2.45) is 0 Å². The molecule has 0 fully saturated rings. The van der Waals surface area contributed by atoms with Crippen molar-refractivity contribution in [1.82, 2.24) is 0 Å². The van der Waals surface area contributed by atoms with Gasteiger partial charge in [-0.15, -0.1) is 0 Å². The molecule has 1 nitrogen and oxygen atoms in total. The molecule has 0 aromatic heterocycles. The Hall–Kier alpha value is -2.16. The average molecular weight is 477 g/mol. The first-order valence-corrected chi connectivity index (χ1v) is 12.3. The predicted octanol–water partition coefficient (Wildman–Crippen LogP) is 8.63. The minimum Gasteiger partial charge on any atom is -0.354 e. The summed E-state index contributed by atoms with van der Waals surface area (Å²) in [6.45, 7) is 2.26. The molecule has 1 atom stereocenters. The molecular weight excluding hydrogens is 444 g/mol. The van der Waals surface area contributed by atoms with Crippen LogP contribution in [0.5, 0.6) is 0 Å². The van der Waals surface area contributed by atoms with Crippen molar-refractivity contribution in [3.05, 3.63) is 119 Å². The number of rotatable bonds is 12. The van der Waals surface area contributed by atoms with Crippen molar-refractivity contribution in [3.63, 3.8) is 0 Å². The second-order valence-electron chi connectivity index (χ2n) is 7.96. The topological polar surface area (TPSA) is 9.23 Å². The van der Waals surface area contributed by atoms with E-state index in [1.807, 2.05) is 4.99 Å². The minimum atomic E-state index is -0.676. The van der Waals surface area contributed by atoms with Gasteiger partial charge in [0.05, 0.1) is 6.10 Å². The van der Waals surface area contributed by atoms with Crippen LogP contribution in [0.2, 0.25) is 0 Å². The Morgan fingerprint density at radius 1 is 0.710 bits per heavy atom. The summed E-state index contributed by atoms with van der Waals surface area (Å²) < 4.78 is 7.13. The van der Waals surface area contributed by atoms with Gasteiger partial charge >= 0.3 is 0 Å². The minimum absolute atomic E-state index is 0.00150. The van der Waals surface area contributed by atoms with E-state index in [0.29, 0.717) is 0 Å². The van der Waals surface area contributed by atoms with Gasteiger partial charge < -0.3 is 4.74 Å². The summed E-state index contributed by atoms with van der Waals surface area (Å²) in [7, 11) is 0. The molecule has 0 aliphatic rings. The summed E-state index contributed by atoms with van der Waals surface area (Å²) in [5.74, 6) is 0. The highest BCUT2D eigenvalue weighted by Crippen LogP contribution is 2.42. The summed E-state index contributed by atoms with van der Waals surface area (Å²) in [5.41, 5.74) is 2.76. The zero-order valence-corrected chi connectivity index (χ0v) is 20.0. The zero-order chi connectivity index (χ0) is 21.8. The molecule has 2 heteroatoms. The van der Waals surface area contributed by atoms with Crippen LogP contribution in [0.1, 0.15) is 62.1 Å². The summed E-state index contributed by atoms with van der Waals surface area (Å²) in [5, 5.41) is 0. The average Bonchev–Trinajstić information content (AvgIpc) is 2.84. The molecule has 0 N–H and O–H groups in total. The molecule has 162 valence electrons. The van der Waals surface area contributed by atoms with Crippen molar-refractivity contribution in [1.29, 1.82) is 0 Å². The maximum absolute atomic E-state index is 7.13. The van der Waals surface area contributed by atoms with Gasteiger partial charge in [-0.2, -0.15) is 0 Å². The first-order chi connectivity index (χ1) is 15.3. The summed E-state index contributed by atoms with van der Waals surface area (Å²) >= 11 is 3.50. The van der Waals surface area contributed by atoms with E-state index in [9.17, 15) is 0 Å². The number of hydrogen-bond donors (Lipinski definition) is 0. The Bertz CT molecular complexity index is 793. The summed E-state index contributed by atoms with van der Waals surface area (Å²) in [4.78, 5) is 1.94. The Morgan fingerprint density at radius 2 is 1.16 bits per heavy atom. The lowest BCUT2D eigenvalue weighted by Gasteiger charge is -2.38. The van der Waals surface area contributed by atoms with Crippen LogP contribution in [-0.4, -0.2) is 6.10 Å². The Kier molecular flexibility index (Phi) is 9.58. The van der Waals surface area contributed by atoms with Crippen LogP contribution in [-0.2, 0) is 10.3 Å². The van der Waals surface area contributed by atoms with E-state index in [-0.39, 0.29) is 6.10 Å². The van der Waals surface area contributed by atoms with Crippen LogP contribution in [0.25, 0.3) is 0 Å². The second kappa shape index (κ2) is 12.6. The fourth-order valence-electron chi connectivity index (χ4n) is 4.17. The van der Waals surface area contributed by atoms with Gasteiger partial charge in [0.25, 0.3) is 0 Å². The third-order valence-corrected chi connectivity index (χ3v) is 6.05. The predicted molar refractivity (Wildman–Crippen MR) is 136 cm³/mol. The third-order valence-electron chi connectivity index (χ3n) is 5.75. The van der Waals surface area contributed by atoms with Crippen molar-refractivity contribution in [2.45, 2.75) is 57.2 Å². The maximum atomic E-state index is 7.13. The Labute approximate surface area is 196 Å². The second-order valence-corrected chi connectivity index (χ2v) is 8.49. The molecule has 0 saturated heterocycles. The normalized spacial score (nSPS) is 12.8. The molecule has 0 spiro atoms. The van der Waals surface area contributed by atoms with Crippen LogP contribution in [0.15, 0.2) is 102 Å². The van der Waals surface area contributed by atoms with E-state index in [1.165, 1.54) is 25.7 Å². The monoisotopic (exact) mass is 476 g/mol. The molecule has 31 heavy (non-hydrogen) atoms. The Balaban J connectivity index is 2.04. The van der Waals surface area contributed by atoms with Gasteiger partial charge in [-0.1, -0.05) is 146 Å². The fraction of sp³-hybridized carbons (Fsp3) is 0.310. The van der Waals surface area contributed by atoms with Crippen LogP contribution < -0.4 is 0 Å². The van der Waals surface area contributed by atoms with Gasteiger partial charge in [0.15, 0.2) is 0 Å². The number of halogens is 1. The van der Waals surface area contributed by atoms with Gasteiger partial charge in [0.2, 0.25) is 0 Å². The van der Waals surface area contributed by atoms with Gasteiger partial charge in [-0.25, -0.2) is 0 Å². The van der Waals surface area contributed by atoms with Gasteiger partial charge in [0.1, 0.15) is 5.60 Å². The van der Waals surface area contributed by atoms with Crippen molar-refractivity contribution in [2.75, 3.05) is 0 Å². The van der Waals surface area contributed by atoms with E-state index in [1.54, 1.807) is 0 Å². The molecule has 0 amide bonds. The highest BCUT2D eigenvalue weighted by molar-refractivity contribution is 9.11. The first kappa shape index (κ1) is 23.5. The van der Waals surface area contributed by atoms with Gasteiger partial charge in [0, 0.05) is 0 Å². The standard InChI is InChI=1S/C29H33BrO/c1-2-3-4-5-15-22-28(23-24-30)31-29(25-16-9-6-10-17-25,26-18-11-7-12-19-26)27-20-13-8-14-21-27/h6-14,16-21,23-24,28H,2-5,15,22H2,1H3. The van der Waals surface area contributed by atoms with E-state index in [2.05, 4.69) is 120 Å². The van der Waals surface area contributed by atoms with Crippen molar-refractivity contribution in [3.8, 4) is 0 Å². The molecule has 0 bridgehead atoms. The van der Waals surface area contributed by atoms with Gasteiger partial charge in [-0.05, 0) is 34.2 Å². The van der Waals surface area contributed by atoms with E-state index in [4.69, 9.17) is 4.74 Å². The highest BCUT2D eigenvalue weighted by Gasteiger charge is 2.39. The van der Waals surface area contributed by atoms with Crippen LogP contribution in [0.4, 0.5) is 0 Å². The lowest BCUT2D eigenvalue weighted by Crippen LogP contribution is -2.36. The lowest BCUT2D eigenvalue weighted by atomic mass is 9.79. The van der Waals surface area contributed by atoms with E-state index < -0.39 is 5.60 Å². The lowest BCUT2D eigenvalue weighted by molar-refractivity contribution is -0.0285. The van der Waals surface area contributed by atoms with Gasteiger partial charge in [-0.3, -0.25) is 0 Å². The first-order valence-electron chi connectivity index (χ1n) is 11.4. The molecule has 0 aliphatic carbocycles. The highest BCUT2D eigenvalue weighted by atomic mass is 79.9. The molecule has 1 unspecified atom stereocenters. The van der Waals surface area contributed by atoms with E-state index in [0.717, 1.165) is 29.5 Å².